The Kier molecular flexibility index (Phi) is 3.79. The molecular formula is C13H9F2NO4. The number of methoxy groups -OCH3 is 1. The molecule has 0 bridgehead atoms. The number of carboxylic acids is 1. The third kappa shape index (κ3) is 2.82. The van der Waals surface area contributed by atoms with Crippen LogP contribution in [0.1, 0.15) is 10.4 Å². The van der Waals surface area contributed by atoms with E-state index in [4.69, 9.17) is 14.6 Å². The van der Waals surface area contributed by atoms with Gasteiger partial charge in [-0.2, -0.15) is 0 Å². The molecule has 1 aromatic carbocycles. The summed E-state index contributed by atoms with van der Waals surface area (Å²) in [6, 6.07) is 4.53. The SMILES string of the molecule is COc1ccc(C(=O)O)c(Oc2ncc(F)cc2F)c1. The van der Waals surface area contributed by atoms with E-state index < -0.39 is 23.5 Å². The van der Waals surface area contributed by atoms with Gasteiger partial charge in [0.2, 0.25) is 0 Å². The fourth-order valence-electron chi connectivity index (χ4n) is 1.47. The van der Waals surface area contributed by atoms with Gasteiger partial charge in [-0.1, -0.05) is 0 Å². The minimum absolute atomic E-state index is 0.158. The number of aromatic nitrogens is 1. The Morgan fingerprint density at radius 3 is 2.65 bits per heavy atom. The summed E-state index contributed by atoms with van der Waals surface area (Å²) in [5.74, 6) is -3.52. The Morgan fingerprint density at radius 2 is 2.05 bits per heavy atom. The average Bonchev–Trinajstić information content (AvgIpc) is 2.41. The van der Waals surface area contributed by atoms with Gasteiger partial charge in [0.15, 0.2) is 5.82 Å². The molecule has 1 aromatic heterocycles. The van der Waals surface area contributed by atoms with Crippen LogP contribution in [0.4, 0.5) is 8.78 Å². The fourth-order valence-corrected chi connectivity index (χ4v) is 1.47. The summed E-state index contributed by atoms with van der Waals surface area (Å²) in [5.41, 5.74) is -0.198. The number of benzene rings is 1. The van der Waals surface area contributed by atoms with Crippen LogP contribution < -0.4 is 9.47 Å². The topological polar surface area (TPSA) is 68.7 Å². The van der Waals surface area contributed by atoms with Crippen molar-refractivity contribution < 1.29 is 28.2 Å². The van der Waals surface area contributed by atoms with Crippen molar-refractivity contribution in [2.75, 3.05) is 7.11 Å². The first-order chi connectivity index (χ1) is 9.51. The summed E-state index contributed by atoms with van der Waals surface area (Å²) < 4.78 is 36.2. The van der Waals surface area contributed by atoms with Crippen molar-refractivity contribution in [3.63, 3.8) is 0 Å². The van der Waals surface area contributed by atoms with Crippen LogP contribution in [0.15, 0.2) is 30.5 Å². The zero-order valence-electron chi connectivity index (χ0n) is 10.3. The Morgan fingerprint density at radius 1 is 1.30 bits per heavy atom. The summed E-state index contributed by atoms with van der Waals surface area (Å²) in [7, 11) is 1.39. The summed E-state index contributed by atoms with van der Waals surface area (Å²) in [5, 5.41) is 9.03. The predicted molar refractivity (Wildman–Crippen MR) is 64.2 cm³/mol. The first-order valence-electron chi connectivity index (χ1n) is 5.41. The van der Waals surface area contributed by atoms with Crippen LogP contribution in [-0.4, -0.2) is 23.2 Å². The second kappa shape index (κ2) is 5.52. The normalized spacial score (nSPS) is 10.2. The molecule has 0 saturated carbocycles. The standard InChI is InChI=1S/C13H9F2NO4/c1-19-8-2-3-9(13(17)18)11(5-8)20-12-10(15)4-7(14)6-16-12/h2-6H,1H3,(H,17,18). The molecule has 1 heterocycles. The number of carbonyl (C=O) groups is 1. The number of rotatable bonds is 4. The predicted octanol–water partition coefficient (Wildman–Crippen LogP) is 2.86. The number of carboxylic acid groups (broad SMARTS) is 1. The van der Waals surface area contributed by atoms with Crippen molar-refractivity contribution in [2.45, 2.75) is 0 Å². The molecule has 20 heavy (non-hydrogen) atoms. The van der Waals surface area contributed by atoms with Gasteiger partial charge in [-0.3, -0.25) is 0 Å². The highest BCUT2D eigenvalue weighted by molar-refractivity contribution is 5.91. The van der Waals surface area contributed by atoms with Gasteiger partial charge in [-0.15, -0.1) is 0 Å². The smallest absolute Gasteiger partial charge is 0.339 e. The number of ether oxygens (including phenoxy) is 2. The molecule has 104 valence electrons. The molecule has 0 atom stereocenters. The largest absolute Gasteiger partial charge is 0.497 e. The van der Waals surface area contributed by atoms with Gasteiger partial charge in [0, 0.05) is 12.1 Å². The van der Waals surface area contributed by atoms with Gasteiger partial charge in [0.05, 0.1) is 13.3 Å². The van der Waals surface area contributed by atoms with E-state index >= 15 is 0 Å². The molecule has 0 spiro atoms. The van der Waals surface area contributed by atoms with Gasteiger partial charge in [0.1, 0.15) is 22.9 Å². The molecule has 7 heteroatoms. The Bertz CT molecular complexity index is 661. The van der Waals surface area contributed by atoms with Crippen LogP contribution in [0.5, 0.6) is 17.4 Å². The Balaban J connectivity index is 2.43. The molecule has 2 aromatic rings. The van der Waals surface area contributed by atoms with Gasteiger partial charge >= 0.3 is 5.97 Å². The first-order valence-corrected chi connectivity index (χ1v) is 5.41. The van der Waals surface area contributed by atoms with Crippen LogP contribution in [-0.2, 0) is 0 Å². The number of pyridine rings is 1. The van der Waals surface area contributed by atoms with E-state index in [1.165, 1.54) is 25.3 Å². The minimum atomic E-state index is -1.26. The molecule has 5 nitrogen and oxygen atoms in total. The van der Waals surface area contributed by atoms with Gasteiger partial charge in [-0.25, -0.2) is 18.6 Å². The van der Waals surface area contributed by atoms with Crippen LogP contribution in [0, 0.1) is 11.6 Å². The summed E-state index contributed by atoms with van der Waals surface area (Å²) in [4.78, 5) is 14.5. The third-order valence-corrected chi connectivity index (χ3v) is 2.40. The van der Waals surface area contributed by atoms with Crippen LogP contribution in [0.2, 0.25) is 0 Å². The number of hydrogen-bond acceptors (Lipinski definition) is 4. The summed E-state index contributed by atoms with van der Waals surface area (Å²) in [6.45, 7) is 0. The fraction of sp³-hybridized carbons (Fsp3) is 0.0769. The van der Waals surface area contributed by atoms with E-state index in [1.54, 1.807) is 0 Å². The van der Waals surface area contributed by atoms with Gasteiger partial charge in [-0.05, 0) is 12.1 Å². The molecule has 0 aliphatic carbocycles. The lowest BCUT2D eigenvalue weighted by atomic mass is 10.2. The monoisotopic (exact) mass is 281 g/mol. The Labute approximate surface area is 112 Å². The molecule has 1 N–H and O–H groups in total. The molecule has 0 aliphatic heterocycles. The van der Waals surface area contributed by atoms with Crippen LogP contribution in [0.25, 0.3) is 0 Å². The highest BCUT2D eigenvalue weighted by atomic mass is 19.1. The van der Waals surface area contributed by atoms with Crippen molar-refractivity contribution in [3.8, 4) is 17.4 Å². The Hall–Kier alpha value is -2.70. The van der Waals surface area contributed by atoms with Gasteiger partial charge < -0.3 is 14.6 Å². The van der Waals surface area contributed by atoms with Crippen LogP contribution >= 0.6 is 0 Å². The highest BCUT2D eigenvalue weighted by Crippen LogP contribution is 2.29. The number of nitrogens with zero attached hydrogens (tertiary/aromatic N) is 1. The molecule has 2 rings (SSSR count). The van der Waals surface area contributed by atoms with E-state index in [0.717, 1.165) is 6.20 Å². The minimum Gasteiger partial charge on any atom is -0.497 e. The van der Waals surface area contributed by atoms with E-state index in [2.05, 4.69) is 4.98 Å². The van der Waals surface area contributed by atoms with Gasteiger partial charge in [0.25, 0.3) is 5.88 Å². The maximum Gasteiger partial charge on any atom is 0.339 e. The molecular weight excluding hydrogens is 272 g/mol. The van der Waals surface area contributed by atoms with Crippen molar-refractivity contribution in [3.05, 3.63) is 47.7 Å². The zero-order chi connectivity index (χ0) is 14.7. The molecule has 0 saturated heterocycles. The average molecular weight is 281 g/mol. The summed E-state index contributed by atoms with van der Waals surface area (Å²) in [6.07, 6.45) is 0.763. The van der Waals surface area contributed by atoms with Crippen molar-refractivity contribution in [2.24, 2.45) is 0 Å². The lowest BCUT2D eigenvalue weighted by Gasteiger charge is -2.10. The van der Waals surface area contributed by atoms with Crippen molar-refractivity contribution in [1.82, 2.24) is 4.98 Å². The third-order valence-electron chi connectivity index (χ3n) is 2.40. The van der Waals surface area contributed by atoms with Crippen LogP contribution in [0.3, 0.4) is 0 Å². The molecule has 0 aliphatic rings. The summed E-state index contributed by atoms with van der Waals surface area (Å²) >= 11 is 0. The zero-order valence-corrected chi connectivity index (χ0v) is 10.3. The first kappa shape index (κ1) is 13.7. The van der Waals surface area contributed by atoms with E-state index in [9.17, 15) is 13.6 Å². The number of hydrogen-bond donors (Lipinski definition) is 1. The second-order valence-corrected chi connectivity index (χ2v) is 3.71. The van der Waals surface area contributed by atoms with E-state index in [1.807, 2.05) is 0 Å². The molecule has 0 amide bonds. The number of aromatic carboxylic acids is 1. The lowest BCUT2D eigenvalue weighted by Crippen LogP contribution is -2.02. The quantitative estimate of drug-likeness (QED) is 0.933. The molecule has 0 unspecified atom stereocenters. The van der Waals surface area contributed by atoms with E-state index in [-0.39, 0.29) is 11.3 Å². The maximum atomic E-state index is 13.4. The number of halogens is 2. The molecule has 0 fully saturated rings. The molecule has 0 radical (unpaired) electrons. The van der Waals surface area contributed by atoms with E-state index in [0.29, 0.717) is 11.8 Å². The second-order valence-electron chi connectivity index (χ2n) is 3.71. The highest BCUT2D eigenvalue weighted by Gasteiger charge is 2.16. The van der Waals surface area contributed by atoms with Crippen molar-refractivity contribution >= 4 is 5.97 Å². The van der Waals surface area contributed by atoms with Crippen molar-refractivity contribution in [1.29, 1.82) is 0 Å². The maximum absolute atomic E-state index is 13.4. The lowest BCUT2D eigenvalue weighted by molar-refractivity contribution is 0.0694.